The number of carbonyl (C=O) groups excluding carboxylic acids is 2. The molecule has 0 aromatic rings. The van der Waals surface area contributed by atoms with Crippen molar-refractivity contribution < 1.29 is 9.59 Å². The Balaban J connectivity index is 1.17. The van der Waals surface area contributed by atoms with Crippen LogP contribution >= 0.6 is 0 Å². The lowest BCUT2D eigenvalue weighted by molar-refractivity contribution is -0.135. The van der Waals surface area contributed by atoms with E-state index >= 15 is 0 Å². The van der Waals surface area contributed by atoms with Gasteiger partial charge in [-0.3, -0.25) is 14.5 Å². The third-order valence-electron chi connectivity index (χ3n) is 7.04. The van der Waals surface area contributed by atoms with Crippen LogP contribution in [0.3, 0.4) is 0 Å². The SMILES string of the molecule is CC1CCCC(NC(=O)CN2CCN(C(=O)C3C4CCCC43)CC2)C1. The normalized spacial score (nSPS) is 38.3. The third-order valence-corrected chi connectivity index (χ3v) is 7.04. The van der Waals surface area contributed by atoms with Crippen molar-refractivity contribution in [1.29, 1.82) is 0 Å². The van der Waals surface area contributed by atoms with Crippen LogP contribution in [-0.4, -0.2) is 60.4 Å². The molecule has 0 radical (unpaired) electrons. The number of fused-ring (bicyclic) bond motifs is 1. The Labute approximate surface area is 151 Å². The summed E-state index contributed by atoms with van der Waals surface area (Å²) in [6.07, 6.45) is 8.63. The molecular formula is C20H33N3O2. The van der Waals surface area contributed by atoms with Gasteiger partial charge in [-0.15, -0.1) is 0 Å². The van der Waals surface area contributed by atoms with Crippen LogP contribution in [0.15, 0.2) is 0 Å². The molecule has 3 saturated carbocycles. The summed E-state index contributed by atoms with van der Waals surface area (Å²) >= 11 is 0. The molecule has 3 aliphatic carbocycles. The first-order chi connectivity index (χ1) is 12.1. The monoisotopic (exact) mass is 347 g/mol. The molecule has 4 fully saturated rings. The van der Waals surface area contributed by atoms with Gasteiger partial charge in [0.05, 0.1) is 6.54 Å². The zero-order valence-corrected chi connectivity index (χ0v) is 15.6. The van der Waals surface area contributed by atoms with Gasteiger partial charge in [-0.25, -0.2) is 0 Å². The molecule has 0 aromatic carbocycles. The van der Waals surface area contributed by atoms with Gasteiger partial charge in [-0.1, -0.05) is 26.2 Å². The fourth-order valence-electron chi connectivity index (χ4n) is 5.57. The summed E-state index contributed by atoms with van der Waals surface area (Å²) in [6.45, 7) is 6.03. The molecule has 4 unspecified atom stereocenters. The molecule has 25 heavy (non-hydrogen) atoms. The quantitative estimate of drug-likeness (QED) is 0.845. The Morgan fingerprint density at radius 3 is 2.32 bits per heavy atom. The van der Waals surface area contributed by atoms with Gasteiger partial charge >= 0.3 is 0 Å². The van der Waals surface area contributed by atoms with Gasteiger partial charge in [0, 0.05) is 38.1 Å². The Morgan fingerprint density at radius 2 is 1.64 bits per heavy atom. The van der Waals surface area contributed by atoms with Crippen LogP contribution in [0.1, 0.15) is 51.9 Å². The minimum absolute atomic E-state index is 0.163. The molecule has 5 nitrogen and oxygen atoms in total. The summed E-state index contributed by atoms with van der Waals surface area (Å²) in [7, 11) is 0. The summed E-state index contributed by atoms with van der Waals surface area (Å²) < 4.78 is 0. The predicted octanol–water partition coefficient (Wildman–Crippen LogP) is 1.87. The highest BCUT2D eigenvalue weighted by atomic mass is 16.2. The minimum Gasteiger partial charge on any atom is -0.352 e. The molecule has 1 aliphatic heterocycles. The molecule has 0 spiro atoms. The Morgan fingerprint density at radius 1 is 0.960 bits per heavy atom. The molecule has 0 aromatic heterocycles. The van der Waals surface area contributed by atoms with Gasteiger partial charge in [0.25, 0.3) is 0 Å². The van der Waals surface area contributed by atoms with Crippen LogP contribution in [0.2, 0.25) is 0 Å². The second kappa shape index (κ2) is 7.26. The number of nitrogens with zero attached hydrogens (tertiary/aromatic N) is 2. The second-order valence-electron chi connectivity index (χ2n) is 8.92. The Kier molecular flexibility index (Phi) is 5.03. The van der Waals surface area contributed by atoms with E-state index in [-0.39, 0.29) is 5.91 Å². The summed E-state index contributed by atoms with van der Waals surface area (Å²) in [5.41, 5.74) is 0. The Bertz CT molecular complexity index is 505. The number of hydrogen-bond donors (Lipinski definition) is 1. The molecule has 1 heterocycles. The highest BCUT2D eigenvalue weighted by Gasteiger charge is 2.57. The van der Waals surface area contributed by atoms with Gasteiger partial charge in [0.2, 0.25) is 11.8 Å². The van der Waals surface area contributed by atoms with Gasteiger partial charge in [0.15, 0.2) is 0 Å². The van der Waals surface area contributed by atoms with Crippen LogP contribution in [0.5, 0.6) is 0 Å². The smallest absolute Gasteiger partial charge is 0.234 e. The third kappa shape index (κ3) is 3.86. The molecule has 4 rings (SSSR count). The minimum atomic E-state index is 0.163. The van der Waals surface area contributed by atoms with Gasteiger partial charge in [-0.05, 0) is 43.4 Å². The summed E-state index contributed by atoms with van der Waals surface area (Å²) in [5, 5.41) is 3.22. The van der Waals surface area contributed by atoms with Crippen molar-refractivity contribution in [1.82, 2.24) is 15.1 Å². The molecule has 5 heteroatoms. The van der Waals surface area contributed by atoms with E-state index in [0.717, 1.165) is 44.9 Å². The number of piperazine rings is 1. The number of amides is 2. The van der Waals surface area contributed by atoms with E-state index in [4.69, 9.17) is 0 Å². The van der Waals surface area contributed by atoms with Gasteiger partial charge in [0.1, 0.15) is 0 Å². The first-order valence-electron chi connectivity index (χ1n) is 10.4. The highest BCUT2D eigenvalue weighted by molar-refractivity contribution is 5.83. The molecule has 4 atom stereocenters. The lowest BCUT2D eigenvalue weighted by atomic mass is 9.87. The van der Waals surface area contributed by atoms with Crippen molar-refractivity contribution in [2.45, 2.75) is 57.9 Å². The fourth-order valence-corrected chi connectivity index (χ4v) is 5.57. The van der Waals surface area contributed by atoms with E-state index in [1.54, 1.807) is 0 Å². The van der Waals surface area contributed by atoms with Crippen molar-refractivity contribution in [2.75, 3.05) is 32.7 Å². The van der Waals surface area contributed by atoms with Crippen LogP contribution in [0.4, 0.5) is 0 Å². The largest absolute Gasteiger partial charge is 0.352 e. The molecule has 0 bridgehead atoms. The standard InChI is InChI=1S/C20H33N3O2/c1-14-4-2-5-15(12-14)21-18(24)13-22-8-10-23(11-9-22)20(25)19-16-6-3-7-17(16)19/h14-17,19H,2-13H2,1H3,(H,21,24). The second-order valence-corrected chi connectivity index (χ2v) is 8.92. The van der Waals surface area contributed by atoms with Crippen molar-refractivity contribution in [3.63, 3.8) is 0 Å². The maximum Gasteiger partial charge on any atom is 0.234 e. The van der Waals surface area contributed by atoms with Crippen molar-refractivity contribution in [3.05, 3.63) is 0 Å². The topological polar surface area (TPSA) is 52.7 Å². The molecule has 140 valence electrons. The van der Waals surface area contributed by atoms with E-state index in [0.29, 0.717) is 36.2 Å². The molecule has 2 amide bonds. The zero-order valence-electron chi connectivity index (χ0n) is 15.6. The maximum atomic E-state index is 12.6. The lowest BCUT2D eigenvalue weighted by Gasteiger charge is -2.35. The zero-order chi connectivity index (χ0) is 17.4. The first kappa shape index (κ1) is 17.3. The fraction of sp³-hybridized carbons (Fsp3) is 0.900. The lowest BCUT2D eigenvalue weighted by Crippen LogP contribution is -2.52. The van der Waals surface area contributed by atoms with Crippen LogP contribution in [-0.2, 0) is 9.59 Å². The molecular weight excluding hydrogens is 314 g/mol. The number of hydrogen-bond acceptors (Lipinski definition) is 3. The van der Waals surface area contributed by atoms with Crippen LogP contribution in [0, 0.1) is 23.7 Å². The Hall–Kier alpha value is -1.10. The predicted molar refractivity (Wildman–Crippen MR) is 96.9 cm³/mol. The van der Waals surface area contributed by atoms with Gasteiger partial charge in [-0.2, -0.15) is 0 Å². The van der Waals surface area contributed by atoms with Gasteiger partial charge < -0.3 is 10.2 Å². The van der Waals surface area contributed by atoms with Crippen molar-refractivity contribution in [2.24, 2.45) is 23.7 Å². The van der Waals surface area contributed by atoms with E-state index in [9.17, 15) is 9.59 Å². The van der Waals surface area contributed by atoms with E-state index in [1.165, 1.54) is 32.1 Å². The molecule has 1 N–H and O–H groups in total. The molecule has 4 aliphatic rings. The average molecular weight is 348 g/mol. The maximum absolute atomic E-state index is 12.6. The van der Waals surface area contributed by atoms with E-state index in [1.807, 2.05) is 0 Å². The van der Waals surface area contributed by atoms with Crippen LogP contribution < -0.4 is 5.32 Å². The number of rotatable bonds is 4. The summed E-state index contributed by atoms with van der Waals surface area (Å²) in [6, 6.07) is 0.369. The average Bonchev–Trinajstić information content (AvgIpc) is 3.06. The summed E-state index contributed by atoms with van der Waals surface area (Å²) in [5.74, 6) is 3.04. The van der Waals surface area contributed by atoms with E-state index < -0.39 is 0 Å². The van der Waals surface area contributed by atoms with E-state index in [2.05, 4.69) is 22.0 Å². The molecule has 1 saturated heterocycles. The van der Waals surface area contributed by atoms with Crippen molar-refractivity contribution >= 4 is 11.8 Å². The van der Waals surface area contributed by atoms with Crippen LogP contribution in [0.25, 0.3) is 0 Å². The van der Waals surface area contributed by atoms with Crippen molar-refractivity contribution in [3.8, 4) is 0 Å². The summed E-state index contributed by atoms with van der Waals surface area (Å²) in [4.78, 5) is 29.2. The number of carbonyl (C=O) groups is 2. The highest BCUT2D eigenvalue weighted by Crippen LogP contribution is 2.58. The first-order valence-corrected chi connectivity index (χ1v) is 10.4. The number of nitrogens with one attached hydrogen (secondary N) is 1.